The van der Waals surface area contributed by atoms with Crippen molar-refractivity contribution >= 4 is 45.7 Å². The number of rotatable bonds is 5. The van der Waals surface area contributed by atoms with Gasteiger partial charge in [-0.3, -0.25) is 15.1 Å². The number of thioether (sulfide) groups is 1. The number of halogens is 2. The molecule has 0 unspecified atom stereocenters. The second-order valence-electron chi connectivity index (χ2n) is 4.68. The molecule has 3 rings (SSSR count). The van der Waals surface area contributed by atoms with Gasteiger partial charge in [0.05, 0.1) is 10.4 Å². The van der Waals surface area contributed by atoms with E-state index in [1.807, 2.05) is 0 Å². The predicted octanol–water partition coefficient (Wildman–Crippen LogP) is 4.88. The molecule has 0 spiro atoms. The molecular weight excluding hydrogens is 369 g/mol. The lowest BCUT2D eigenvalue weighted by molar-refractivity contribution is 0.102. The maximum Gasteiger partial charge on any atom is 0.276 e. The van der Waals surface area contributed by atoms with E-state index in [1.54, 1.807) is 42.7 Å². The van der Waals surface area contributed by atoms with Gasteiger partial charge < -0.3 is 0 Å². The third-order valence-corrected chi connectivity index (χ3v) is 5.38. The summed E-state index contributed by atoms with van der Waals surface area (Å²) in [4.78, 5) is 20.1. The van der Waals surface area contributed by atoms with Crippen LogP contribution in [0.4, 0.5) is 9.52 Å². The third-order valence-electron chi connectivity index (χ3n) is 2.99. The fourth-order valence-electron chi connectivity index (χ4n) is 1.83. The Kier molecular flexibility index (Phi) is 5.44. The van der Waals surface area contributed by atoms with E-state index < -0.39 is 0 Å². The fourth-order valence-corrected chi connectivity index (χ4v) is 3.84. The van der Waals surface area contributed by atoms with Crippen LogP contribution < -0.4 is 5.32 Å². The number of anilines is 1. The summed E-state index contributed by atoms with van der Waals surface area (Å²) in [7, 11) is 0. The Morgan fingerprint density at radius 1 is 1.29 bits per heavy atom. The average molecular weight is 380 g/mol. The zero-order chi connectivity index (χ0) is 16.9. The summed E-state index contributed by atoms with van der Waals surface area (Å²) in [6.07, 6.45) is 3.20. The highest BCUT2D eigenvalue weighted by Gasteiger charge is 2.11. The molecule has 24 heavy (non-hydrogen) atoms. The molecule has 2 aromatic heterocycles. The topological polar surface area (TPSA) is 54.9 Å². The number of thiazole rings is 1. The Labute approximate surface area is 151 Å². The van der Waals surface area contributed by atoms with Gasteiger partial charge in [-0.25, -0.2) is 9.37 Å². The predicted molar refractivity (Wildman–Crippen MR) is 95.3 cm³/mol. The first-order valence-electron chi connectivity index (χ1n) is 6.87. The maximum absolute atomic E-state index is 13.7. The van der Waals surface area contributed by atoms with Crippen molar-refractivity contribution in [3.8, 4) is 0 Å². The van der Waals surface area contributed by atoms with Crippen LogP contribution in [0.2, 0.25) is 5.02 Å². The van der Waals surface area contributed by atoms with Crippen LogP contribution in [0.5, 0.6) is 0 Å². The minimum Gasteiger partial charge on any atom is -0.296 e. The van der Waals surface area contributed by atoms with Crippen molar-refractivity contribution in [3.63, 3.8) is 0 Å². The number of aromatic nitrogens is 2. The Bertz CT molecular complexity index is 858. The van der Waals surface area contributed by atoms with E-state index in [4.69, 9.17) is 11.6 Å². The van der Waals surface area contributed by atoms with Gasteiger partial charge in [0.2, 0.25) is 0 Å². The Morgan fingerprint density at radius 3 is 2.92 bits per heavy atom. The summed E-state index contributed by atoms with van der Waals surface area (Å²) in [5, 5.41) is 3.55. The van der Waals surface area contributed by atoms with Gasteiger partial charge in [0.15, 0.2) is 5.13 Å². The highest BCUT2D eigenvalue weighted by atomic mass is 35.5. The molecule has 2 heterocycles. The molecule has 0 radical (unpaired) electrons. The van der Waals surface area contributed by atoms with Crippen molar-refractivity contribution in [2.45, 2.75) is 9.96 Å². The van der Waals surface area contributed by atoms with Gasteiger partial charge >= 0.3 is 0 Å². The number of hydrogen-bond acceptors (Lipinski definition) is 5. The highest BCUT2D eigenvalue weighted by Crippen LogP contribution is 2.31. The van der Waals surface area contributed by atoms with Gasteiger partial charge in [-0.1, -0.05) is 35.1 Å². The molecule has 0 fully saturated rings. The fraction of sp³-hybridized carbons (Fsp3) is 0.0625. The van der Waals surface area contributed by atoms with E-state index in [-0.39, 0.29) is 11.7 Å². The summed E-state index contributed by atoms with van der Waals surface area (Å²) >= 11 is 8.51. The van der Waals surface area contributed by atoms with E-state index in [0.717, 1.165) is 4.21 Å². The molecule has 0 aliphatic heterocycles. The number of pyridine rings is 1. The standard InChI is InChI=1S/C16H11ClFN3OS2/c17-11-5-4-10(12(18)7-11)9-23-14-8-20-16(24-14)21-15(22)13-3-1-2-6-19-13/h1-8H,9H2,(H,20,21,22). The van der Waals surface area contributed by atoms with Crippen molar-refractivity contribution in [3.05, 3.63) is 70.9 Å². The van der Waals surface area contributed by atoms with Crippen LogP contribution >= 0.6 is 34.7 Å². The van der Waals surface area contributed by atoms with Gasteiger partial charge in [-0.05, 0) is 29.8 Å². The lowest BCUT2D eigenvalue weighted by atomic mass is 10.2. The second-order valence-corrected chi connectivity index (χ2v) is 7.42. The average Bonchev–Trinajstić information content (AvgIpc) is 3.02. The maximum atomic E-state index is 13.7. The van der Waals surface area contributed by atoms with Crippen LogP contribution in [0.15, 0.2) is 53.0 Å². The summed E-state index contributed by atoms with van der Waals surface area (Å²) in [6.45, 7) is 0. The first-order valence-corrected chi connectivity index (χ1v) is 9.05. The summed E-state index contributed by atoms with van der Waals surface area (Å²) in [5.41, 5.74) is 0.891. The molecule has 0 aliphatic carbocycles. The van der Waals surface area contributed by atoms with E-state index in [2.05, 4.69) is 15.3 Å². The lowest BCUT2D eigenvalue weighted by Crippen LogP contribution is -2.12. The Hall–Kier alpha value is -1.96. The molecule has 1 aromatic carbocycles. The quantitative estimate of drug-likeness (QED) is 0.642. The first-order chi connectivity index (χ1) is 11.6. The van der Waals surface area contributed by atoms with Gasteiger partial charge in [0, 0.05) is 17.0 Å². The Morgan fingerprint density at radius 2 is 2.17 bits per heavy atom. The third kappa shape index (κ3) is 4.31. The number of nitrogens with one attached hydrogen (secondary N) is 1. The first kappa shape index (κ1) is 16.9. The van der Waals surface area contributed by atoms with Crippen molar-refractivity contribution in [1.82, 2.24) is 9.97 Å². The summed E-state index contributed by atoms with van der Waals surface area (Å²) in [6, 6.07) is 9.72. The number of nitrogens with zero attached hydrogens (tertiary/aromatic N) is 2. The Balaban J connectivity index is 1.60. The molecule has 1 amide bonds. The number of benzene rings is 1. The monoisotopic (exact) mass is 379 g/mol. The van der Waals surface area contributed by atoms with E-state index in [0.29, 0.717) is 27.2 Å². The SMILES string of the molecule is O=C(Nc1ncc(SCc2ccc(Cl)cc2F)s1)c1ccccn1. The van der Waals surface area contributed by atoms with E-state index in [9.17, 15) is 9.18 Å². The molecule has 0 aliphatic rings. The second kappa shape index (κ2) is 7.74. The molecule has 3 aromatic rings. The zero-order valence-electron chi connectivity index (χ0n) is 12.2. The molecule has 0 bridgehead atoms. The lowest BCUT2D eigenvalue weighted by Gasteiger charge is -2.02. The molecule has 0 atom stereocenters. The molecule has 8 heteroatoms. The van der Waals surface area contributed by atoms with Gasteiger partial charge in [-0.2, -0.15) is 0 Å². The summed E-state index contributed by atoms with van der Waals surface area (Å²) < 4.78 is 14.6. The largest absolute Gasteiger partial charge is 0.296 e. The normalized spacial score (nSPS) is 10.6. The van der Waals surface area contributed by atoms with Gasteiger partial charge in [-0.15, -0.1) is 11.8 Å². The van der Waals surface area contributed by atoms with Crippen LogP contribution in [0.25, 0.3) is 0 Å². The van der Waals surface area contributed by atoms with Gasteiger partial charge in [0.25, 0.3) is 5.91 Å². The summed E-state index contributed by atoms with van der Waals surface area (Å²) in [5.74, 6) is -0.188. The number of carbonyl (C=O) groups excluding carboxylic acids is 1. The molecule has 1 N–H and O–H groups in total. The van der Waals surface area contributed by atoms with Crippen molar-refractivity contribution in [2.24, 2.45) is 0 Å². The molecular formula is C16H11ClFN3OS2. The smallest absolute Gasteiger partial charge is 0.276 e. The zero-order valence-corrected chi connectivity index (χ0v) is 14.6. The van der Waals surface area contributed by atoms with Crippen LogP contribution in [-0.2, 0) is 5.75 Å². The van der Waals surface area contributed by atoms with Crippen LogP contribution in [0.1, 0.15) is 16.1 Å². The van der Waals surface area contributed by atoms with Crippen LogP contribution in [0, 0.1) is 5.82 Å². The number of hydrogen-bond donors (Lipinski definition) is 1. The van der Waals surface area contributed by atoms with Crippen molar-refractivity contribution < 1.29 is 9.18 Å². The van der Waals surface area contributed by atoms with E-state index >= 15 is 0 Å². The van der Waals surface area contributed by atoms with E-state index in [1.165, 1.54) is 29.2 Å². The highest BCUT2D eigenvalue weighted by molar-refractivity contribution is 8.00. The molecule has 4 nitrogen and oxygen atoms in total. The van der Waals surface area contributed by atoms with Crippen LogP contribution in [0.3, 0.4) is 0 Å². The molecule has 122 valence electrons. The van der Waals surface area contributed by atoms with Crippen LogP contribution in [-0.4, -0.2) is 15.9 Å². The molecule has 0 saturated carbocycles. The minimum atomic E-state index is -0.330. The van der Waals surface area contributed by atoms with Gasteiger partial charge in [0.1, 0.15) is 11.5 Å². The van der Waals surface area contributed by atoms with Crippen molar-refractivity contribution in [1.29, 1.82) is 0 Å². The molecule has 0 saturated heterocycles. The minimum absolute atomic E-state index is 0.315. The number of carbonyl (C=O) groups is 1. The van der Waals surface area contributed by atoms with Crippen molar-refractivity contribution in [2.75, 3.05) is 5.32 Å². The number of amides is 1.